The molecule has 5 heterocycles. The molecule has 0 fully saturated rings. The van der Waals surface area contributed by atoms with Crippen LogP contribution in [0.5, 0.6) is 0 Å². The number of rotatable bonds is 4. The van der Waals surface area contributed by atoms with E-state index in [1.165, 1.54) is 0 Å². The molecule has 1 aliphatic rings. The van der Waals surface area contributed by atoms with Crippen molar-refractivity contribution < 1.29 is 9.21 Å². The highest BCUT2D eigenvalue weighted by atomic mass is 16.3. The number of aromatic nitrogens is 3. The molecule has 4 aromatic rings. The fourth-order valence-corrected chi connectivity index (χ4v) is 4.31. The maximum absolute atomic E-state index is 13.0. The number of pyridine rings is 3. The maximum atomic E-state index is 13.0. The van der Waals surface area contributed by atoms with Crippen LogP contribution in [0, 0.1) is 6.92 Å². The second-order valence-corrected chi connectivity index (χ2v) is 8.97. The van der Waals surface area contributed by atoms with Gasteiger partial charge in [-0.25, -0.2) is 9.78 Å². The lowest BCUT2D eigenvalue weighted by Crippen LogP contribution is -2.39. The molecular formula is C27H27N5O3. The highest BCUT2D eigenvalue weighted by Crippen LogP contribution is 2.33. The Bertz CT molecular complexity index is 1450. The summed E-state index contributed by atoms with van der Waals surface area (Å²) in [5, 5.41) is 2.94. The van der Waals surface area contributed by atoms with Crippen molar-refractivity contribution in [2.75, 3.05) is 11.9 Å². The number of hydrogen-bond donors (Lipinski definition) is 1. The van der Waals surface area contributed by atoms with Gasteiger partial charge in [0, 0.05) is 60.8 Å². The second kappa shape index (κ2) is 9.21. The van der Waals surface area contributed by atoms with Crippen LogP contribution in [0.2, 0.25) is 0 Å². The summed E-state index contributed by atoms with van der Waals surface area (Å²) < 4.78 is 7.57. The lowest BCUT2D eigenvalue weighted by atomic mass is 10.0. The maximum Gasteiger partial charge on any atom is 0.323 e. The summed E-state index contributed by atoms with van der Waals surface area (Å²) in [6.07, 6.45) is 4.34. The molecule has 0 atom stereocenters. The summed E-state index contributed by atoms with van der Waals surface area (Å²) in [7, 11) is 0. The molecule has 35 heavy (non-hydrogen) atoms. The Hall–Kier alpha value is -4.20. The number of hydrogen-bond acceptors (Lipinski definition) is 5. The lowest BCUT2D eigenvalue weighted by molar-refractivity contribution is 0.206. The second-order valence-electron chi connectivity index (χ2n) is 8.97. The van der Waals surface area contributed by atoms with E-state index in [0.29, 0.717) is 30.4 Å². The van der Waals surface area contributed by atoms with Gasteiger partial charge in [0.05, 0.1) is 0 Å². The van der Waals surface area contributed by atoms with E-state index in [-0.39, 0.29) is 17.6 Å². The van der Waals surface area contributed by atoms with Crippen LogP contribution in [-0.4, -0.2) is 32.0 Å². The molecule has 1 aliphatic heterocycles. The summed E-state index contributed by atoms with van der Waals surface area (Å²) >= 11 is 0. The molecule has 178 valence electrons. The van der Waals surface area contributed by atoms with Gasteiger partial charge in [-0.3, -0.25) is 15.1 Å². The average molecular weight is 470 g/mol. The molecule has 5 rings (SSSR count). The third kappa shape index (κ3) is 4.59. The summed E-state index contributed by atoms with van der Waals surface area (Å²) in [4.78, 5) is 36.2. The van der Waals surface area contributed by atoms with Crippen LogP contribution < -0.4 is 10.9 Å². The fraction of sp³-hybridized carbons (Fsp3) is 0.259. The Morgan fingerprint density at radius 3 is 2.74 bits per heavy atom. The van der Waals surface area contributed by atoms with Gasteiger partial charge in [0.25, 0.3) is 5.56 Å². The number of anilines is 1. The predicted molar refractivity (Wildman–Crippen MR) is 134 cm³/mol. The molecule has 8 nitrogen and oxygen atoms in total. The molecule has 8 heteroatoms. The van der Waals surface area contributed by atoms with E-state index in [1.54, 1.807) is 33.9 Å². The first-order valence-corrected chi connectivity index (χ1v) is 11.7. The zero-order chi connectivity index (χ0) is 24.5. The minimum Gasteiger partial charge on any atom is -0.460 e. The van der Waals surface area contributed by atoms with Crippen molar-refractivity contribution in [3.05, 3.63) is 88.3 Å². The summed E-state index contributed by atoms with van der Waals surface area (Å²) in [5.41, 5.74) is 4.28. The van der Waals surface area contributed by atoms with Crippen molar-refractivity contribution in [1.82, 2.24) is 19.4 Å². The Balaban J connectivity index is 1.47. The smallest absolute Gasteiger partial charge is 0.323 e. The van der Waals surface area contributed by atoms with E-state index in [9.17, 15) is 9.59 Å². The molecule has 4 aromatic heterocycles. The lowest BCUT2D eigenvalue weighted by Gasteiger charge is -2.28. The number of furan rings is 1. The molecule has 0 saturated heterocycles. The Morgan fingerprint density at radius 2 is 1.97 bits per heavy atom. The number of carbonyl (C=O) groups is 1. The van der Waals surface area contributed by atoms with Crippen LogP contribution in [0.3, 0.4) is 0 Å². The number of nitrogens with one attached hydrogen (secondary N) is 1. The van der Waals surface area contributed by atoms with E-state index in [0.717, 1.165) is 34.6 Å². The molecule has 0 bridgehead atoms. The van der Waals surface area contributed by atoms with Gasteiger partial charge in [0.2, 0.25) is 0 Å². The van der Waals surface area contributed by atoms with Crippen molar-refractivity contribution in [3.8, 4) is 22.6 Å². The number of carbonyl (C=O) groups excluding carboxylic acids is 1. The van der Waals surface area contributed by atoms with Crippen LogP contribution in [0.1, 0.15) is 36.9 Å². The Labute approximate surface area is 203 Å². The summed E-state index contributed by atoms with van der Waals surface area (Å²) in [6.45, 7) is 6.90. The number of amides is 2. The van der Waals surface area contributed by atoms with E-state index in [1.807, 2.05) is 57.3 Å². The molecule has 0 unspecified atom stereocenters. The van der Waals surface area contributed by atoms with Crippen LogP contribution in [0.15, 0.2) is 70.1 Å². The molecule has 2 amide bonds. The van der Waals surface area contributed by atoms with Gasteiger partial charge in [0.15, 0.2) is 5.76 Å². The number of urea groups is 1. The first-order valence-electron chi connectivity index (χ1n) is 11.7. The van der Waals surface area contributed by atoms with Crippen molar-refractivity contribution in [2.45, 2.75) is 39.8 Å². The van der Waals surface area contributed by atoms with Gasteiger partial charge in [-0.1, -0.05) is 6.07 Å². The van der Waals surface area contributed by atoms with Crippen molar-refractivity contribution in [3.63, 3.8) is 0 Å². The number of aryl methyl sites for hydroxylation is 1. The van der Waals surface area contributed by atoms with Gasteiger partial charge >= 0.3 is 6.03 Å². The van der Waals surface area contributed by atoms with Crippen molar-refractivity contribution >= 4 is 11.8 Å². The average Bonchev–Trinajstić information content (AvgIpc) is 3.30. The van der Waals surface area contributed by atoms with Crippen LogP contribution in [0.25, 0.3) is 22.6 Å². The van der Waals surface area contributed by atoms with Crippen molar-refractivity contribution in [2.24, 2.45) is 0 Å². The highest BCUT2D eigenvalue weighted by Gasteiger charge is 2.22. The SMILES string of the molecule is Cc1ccc(-c2nc(NC(=O)N3CCc4ncccc4C3)ccc2-c2ccc(=O)n(C(C)C)c2)o1. The molecule has 0 aromatic carbocycles. The van der Waals surface area contributed by atoms with Gasteiger partial charge in [-0.2, -0.15) is 0 Å². The van der Waals surface area contributed by atoms with Crippen LogP contribution in [0.4, 0.5) is 10.6 Å². The van der Waals surface area contributed by atoms with Gasteiger partial charge in [-0.15, -0.1) is 0 Å². The Kier molecular flexibility index (Phi) is 5.94. The van der Waals surface area contributed by atoms with E-state index in [4.69, 9.17) is 9.40 Å². The van der Waals surface area contributed by atoms with Gasteiger partial charge in [0.1, 0.15) is 17.3 Å². The largest absolute Gasteiger partial charge is 0.460 e. The van der Waals surface area contributed by atoms with Crippen LogP contribution >= 0.6 is 0 Å². The molecule has 0 aliphatic carbocycles. The molecule has 0 radical (unpaired) electrons. The zero-order valence-electron chi connectivity index (χ0n) is 20.0. The Morgan fingerprint density at radius 1 is 1.11 bits per heavy atom. The van der Waals surface area contributed by atoms with Gasteiger partial charge in [-0.05, 0) is 62.7 Å². The topological polar surface area (TPSA) is 93.3 Å². The zero-order valence-corrected chi connectivity index (χ0v) is 20.0. The molecule has 0 spiro atoms. The normalized spacial score (nSPS) is 13.1. The monoisotopic (exact) mass is 469 g/mol. The third-order valence-electron chi connectivity index (χ3n) is 6.16. The third-order valence-corrected chi connectivity index (χ3v) is 6.16. The predicted octanol–water partition coefficient (Wildman–Crippen LogP) is 5.04. The van der Waals surface area contributed by atoms with E-state index >= 15 is 0 Å². The molecular weight excluding hydrogens is 442 g/mol. The van der Waals surface area contributed by atoms with Gasteiger partial charge < -0.3 is 13.9 Å². The van der Waals surface area contributed by atoms with E-state index in [2.05, 4.69) is 10.3 Å². The fourth-order valence-electron chi connectivity index (χ4n) is 4.31. The van der Waals surface area contributed by atoms with E-state index < -0.39 is 0 Å². The minimum absolute atomic E-state index is 0.0214. The molecule has 0 saturated carbocycles. The standard InChI is InChI=1S/C27H27N5O3/c1-17(2)32-16-19(7-11-25(32)33)21-8-10-24(29-26(21)23-9-6-18(3)35-23)30-27(34)31-14-12-22-20(15-31)5-4-13-28-22/h4-11,13,16-17H,12,14-15H2,1-3H3,(H,29,30,34). The minimum atomic E-state index is -0.213. The highest BCUT2D eigenvalue weighted by molar-refractivity contribution is 5.90. The number of fused-ring (bicyclic) bond motifs is 1. The first-order chi connectivity index (χ1) is 16.9. The molecule has 1 N–H and O–H groups in total. The van der Waals surface area contributed by atoms with Crippen LogP contribution in [-0.2, 0) is 13.0 Å². The van der Waals surface area contributed by atoms with Crippen molar-refractivity contribution in [1.29, 1.82) is 0 Å². The number of nitrogens with zero attached hydrogens (tertiary/aromatic N) is 4. The quantitative estimate of drug-likeness (QED) is 0.452. The first kappa shape index (κ1) is 22.6. The summed E-state index contributed by atoms with van der Waals surface area (Å²) in [5.74, 6) is 1.78. The summed E-state index contributed by atoms with van der Waals surface area (Å²) in [6, 6.07) is 14.5.